The van der Waals surface area contributed by atoms with Gasteiger partial charge in [-0.15, -0.1) is 0 Å². The van der Waals surface area contributed by atoms with Gasteiger partial charge in [0.25, 0.3) is 5.91 Å². The van der Waals surface area contributed by atoms with Crippen molar-refractivity contribution in [1.82, 2.24) is 0 Å². The molecule has 1 aliphatic rings. The lowest BCUT2D eigenvalue weighted by molar-refractivity contribution is -0.137. The third-order valence-electron chi connectivity index (χ3n) is 4.86. The SMILES string of the molecule is COCC1C(=O)N(c2ccc(C#N)c(C(F)(F)F)c2)C(=S)N1c1ccc(C(=O)OC)c(F)c1. The van der Waals surface area contributed by atoms with Crippen molar-refractivity contribution < 1.29 is 36.6 Å². The van der Waals surface area contributed by atoms with Gasteiger partial charge in [-0.1, -0.05) is 0 Å². The van der Waals surface area contributed by atoms with E-state index in [9.17, 15) is 27.2 Å². The van der Waals surface area contributed by atoms with Crippen LogP contribution in [0.5, 0.6) is 0 Å². The molecule has 33 heavy (non-hydrogen) atoms. The molecule has 0 aromatic heterocycles. The molecular formula is C21H15F4N3O4S. The van der Waals surface area contributed by atoms with E-state index in [2.05, 4.69) is 4.74 Å². The zero-order valence-electron chi connectivity index (χ0n) is 17.1. The lowest BCUT2D eigenvalue weighted by atomic mass is 10.1. The molecule has 2 aromatic rings. The number of thiocarbonyl (C=S) groups is 1. The van der Waals surface area contributed by atoms with E-state index in [1.807, 2.05) is 0 Å². The summed E-state index contributed by atoms with van der Waals surface area (Å²) in [4.78, 5) is 26.8. The maximum absolute atomic E-state index is 14.5. The van der Waals surface area contributed by atoms with Gasteiger partial charge in [0, 0.05) is 12.8 Å². The van der Waals surface area contributed by atoms with Crippen LogP contribution in [0.25, 0.3) is 0 Å². The smallest absolute Gasteiger partial charge is 0.417 e. The Morgan fingerprint density at radius 3 is 2.39 bits per heavy atom. The Labute approximate surface area is 190 Å². The van der Waals surface area contributed by atoms with E-state index in [0.29, 0.717) is 6.07 Å². The molecule has 0 bridgehead atoms. The van der Waals surface area contributed by atoms with E-state index in [-0.39, 0.29) is 28.7 Å². The highest BCUT2D eigenvalue weighted by Crippen LogP contribution is 2.37. The maximum atomic E-state index is 14.5. The second-order valence-electron chi connectivity index (χ2n) is 6.79. The summed E-state index contributed by atoms with van der Waals surface area (Å²) in [5, 5.41) is 8.77. The molecule has 0 radical (unpaired) electrons. The number of carbonyl (C=O) groups excluding carboxylic acids is 2. The summed E-state index contributed by atoms with van der Waals surface area (Å²) in [6, 6.07) is 6.51. The Morgan fingerprint density at radius 2 is 1.85 bits per heavy atom. The molecule has 0 spiro atoms. The van der Waals surface area contributed by atoms with Crippen molar-refractivity contribution in [3.05, 3.63) is 58.9 Å². The zero-order valence-corrected chi connectivity index (χ0v) is 18.0. The number of rotatable bonds is 5. The van der Waals surface area contributed by atoms with E-state index in [4.69, 9.17) is 22.2 Å². The second-order valence-corrected chi connectivity index (χ2v) is 7.16. The van der Waals surface area contributed by atoms with E-state index in [1.54, 1.807) is 0 Å². The number of carbonyl (C=O) groups is 2. The molecule has 0 N–H and O–H groups in total. The van der Waals surface area contributed by atoms with E-state index >= 15 is 0 Å². The van der Waals surface area contributed by atoms with E-state index in [0.717, 1.165) is 36.3 Å². The first-order chi connectivity index (χ1) is 15.5. The number of hydrogen-bond donors (Lipinski definition) is 0. The fourth-order valence-corrected chi connectivity index (χ4v) is 3.79. The van der Waals surface area contributed by atoms with Crippen LogP contribution < -0.4 is 9.80 Å². The number of ether oxygens (including phenoxy) is 2. The molecule has 1 amide bonds. The van der Waals surface area contributed by atoms with Crippen molar-refractivity contribution in [1.29, 1.82) is 5.26 Å². The number of alkyl halides is 3. The highest BCUT2D eigenvalue weighted by molar-refractivity contribution is 7.81. The van der Waals surface area contributed by atoms with Gasteiger partial charge in [-0.05, 0) is 48.6 Å². The predicted molar refractivity (Wildman–Crippen MR) is 112 cm³/mol. The Balaban J connectivity index is 2.09. The van der Waals surface area contributed by atoms with Gasteiger partial charge in [-0.3, -0.25) is 9.69 Å². The summed E-state index contributed by atoms with van der Waals surface area (Å²) in [7, 11) is 2.39. The van der Waals surface area contributed by atoms with Crippen molar-refractivity contribution >= 4 is 40.6 Å². The summed E-state index contributed by atoms with van der Waals surface area (Å²) >= 11 is 5.36. The largest absolute Gasteiger partial charge is 0.465 e. The Morgan fingerprint density at radius 1 is 1.18 bits per heavy atom. The Hall–Kier alpha value is -3.56. The molecule has 172 valence electrons. The first-order valence-corrected chi connectivity index (χ1v) is 9.61. The summed E-state index contributed by atoms with van der Waals surface area (Å²) in [5.74, 6) is -2.56. The van der Waals surface area contributed by atoms with Gasteiger partial charge in [0.2, 0.25) is 0 Å². The van der Waals surface area contributed by atoms with Crippen LogP contribution in [0, 0.1) is 17.1 Å². The van der Waals surface area contributed by atoms with Gasteiger partial charge >= 0.3 is 12.1 Å². The Bertz CT molecular complexity index is 1180. The zero-order chi connectivity index (χ0) is 24.5. The quantitative estimate of drug-likeness (QED) is 0.366. The Kier molecular flexibility index (Phi) is 6.66. The number of esters is 1. The predicted octanol–water partition coefficient (Wildman–Crippen LogP) is 3.66. The summed E-state index contributed by atoms with van der Waals surface area (Å²) in [5.41, 5.74) is -2.33. The summed E-state index contributed by atoms with van der Waals surface area (Å²) in [6.45, 7) is -0.210. The fourth-order valence-electron chi connectivity index (χ4n) is 3.36. The van der Waals surface area contributed by atoms with Gasteiger partial charge in [0.05, 0.1) is 42.2 Å². The molecule has 7 nitrogen and oxygen atoms in total. The molecule has 1 aliphatic heterocycles. The number of hydrogen-bond acceptors (Lipinski definition) is 6. The van der Waals surface area contributed by atoms with Crippen LogP contribution in [0.2, 0.25) is 0 Å². The van der Waals surface area contributed by atoms with Gasteiger partial charge in [-0.25, -0.2) is 9.18 Å². The molecule has 1 heterocycles. The number of amides is 1. The van der Waals surface area contributed by atoms with Crippen LogP contribution in [0.3, 0.4) is 0 Å². The maximum Gasteiger partial charge on any atom is 0.417 e. The lowest BCUT2D eigenvalue weighted by Crippen LogP contribution is -2.38. The fraction of sp³-hybridized carbons (Fsp3) is 0.238. The minimum Gasteiger partial charge on any atom is -0.465 e. The number of benzene rings is 2. The molecular weight excluding hydrogens is 466 g/mol. The van der Waals surface area contributed by atoms with Crippen LogP contribution in [0.1, 0.15) is 21.5 Å². The molecule has 1 unspecified atom stereocenters. The molecule has 0 saturated carbocycles. The minimum atomic E-state index is -4.84. The topological polar surface area (TPSA) is 82.9 Å². The third-order valence-corrected chi connectivity index (χ3v) is 5.24. The number of anilines is 2. The first-order valence-electron chi connectivity index (χ1n) is 9.20. The normalized spacial score (nSPS) is 16.2. The standard InChI is InChI=1S/C21H15F4N3O4S/c1-31-10-17-18(29)28(12-4-3-11(9-26)15(7-12)21(23,24)25)20(33)27(17)13-5-6-14(16(22)8-13)19(30)32-2/h3-8,17H,10H2,1-2H3. The highest BCUT2D eigenvalue weighted by Gasteiger charge is 2.45. The van der Waals surface area contributed by atoms with Crippen LogP contribution in [-0.4, -0.2) is 43.9 Å². The molecule has 1 atom stereocenters. The first kappa shape index (κ1) is 24.1. The van der Waals surface area contributed by atoms with Crippen LogP contribution in [0.4, 0.5) is 28.9 Å². The molecule has 1 saturated heterocycles. The number of nitrogens with zero attached hydrogens (tertiary/aromatic N) is 3. The van der Waals surface area contributed by atoms with Gasteiger partial charge in [0.1, 0.15) is 11.9 Å². The lowest BCUT2D eigenvalue weighted by Gasteiger charge is -2.24. The number of methoxy groups -OCH3 is 2. The monoisotopic (exact) mass is 481 g/mol. The minimum absolute atomic E-state index is 0.0766. The average molecular weight is 481 g/mol. The van der Waals surface area contributed by atoms with Crippen LogP contribution >= 0.6 is 12.2 Å². The van der Waals surface area contributed by atoms with Crippen molar-refractivity contribution in [3.63, 3.8) is 0 Å². The van der Waals surface area contributed by atoms with Crippen LogP contribution in [0.15, 0.2) is 36.4 Å². The van der Waals surface area contributed by atoms with Crippen molar-refractivity contribution in [2.75, 3.05) is 30.6 Å². The second kappa shape index (κ2) is 9.13. The van der Waals surface area contributed by atoms with E-state index in [1.165, 1.54) is 24.1 Å². The molecule has 12 heteroatoms. The summed E-state index contributed by atoms with van der Waals surface area (Å²) < 4.78 is 64.3. The van der Waals surface area contributed by atoms with Gasteiger partial charge < -0.3 is 14.4 Å². The van der Waals surface area contributed by atoms with Crippen LogP contribution in [-0.2, 0) is 20.4 Å². The molecule has 1 fully saturated rings. The number of nitriles is 1. The van der Waals surface area contributed by atoms with Gasteiger partial charge in [0.15, 0.2) is 5.11 Å². The molecule has 2 aromatic carbocycles. The van der Waals surface area contributed by atoms with Crippen molar-refractivity contribution in [3.8, 4) is 6.07 Å². The van der Waals surface area contributed by atoms with Crippen molar-refractivity contribution in [2.45, 2.75) is 12.2 Å². The van der Waals surface area contributed by atoms with Gasteiger partial charge in [-0.2, -0.15) is 18.4 Å². The number of halogens is 4. The van der Waals surface area contributed by atoms with Crippen molar-refractivity contribution in [2.24, 2.45) is 0 Å². The molecule has 3 rings (SSSR count). The van der Waals surface area contributed by atoms with E-state index < -0.39 is 41.0 Å². The third kappa shape index (κ3) is 4.37. The summed E-state index contributed by atoms with van der Waals surface area (Å²) in [6.07, 6.45) is -4.84. The average Bonchev–Trinajstić information content (AvgIpc) is 3.01. The molecule has 0 aliphatic carbocycles. The highest BCUT2D eigenvalue weighted by atomic mass is 32.1.